The summed E-state index contributed by atoms with van der Waals surface area (Å²) in [6.45, 7) is 0. The minimum atomic E-state index is -1.41. The summed E-state index contributed by atoms with van der Waals surface area (Å²) < 4.78 is 38.5. The predicted octanol–water partition coefficient (Wildman–Crippen LogP) is 3.80. The van der Waals surface area contributed by atoms with Crippen molar-refractivity contribution in [2.24, 2.45) is 0 Å². The lowest BCUT2D eigenvalue weighted by molar-refractivity contribution is 0.0697. The molecule has 0 amide bonds. The van der Waals surface area contributed by atoms with E-state index in [0.717, 1.165) is 12.1 Å². The van der Waals surface area contributed by atoms with Gasteiger partial charge in [0.15, 0.2) is 16.5 Å². The summed E-state index contributed by atoms with van der Waals surface area (Å²) in [4.78, 5) is 11.6. The van der Waals surface area contributed by atoms with Gasteiger partial charge in [-0.15, -0.1) is 0 Å². The van der Waals surface area contributed by atoms with Crippen LogP contribution in [0.3, 0.4) is 0 Å². The van der Waals surface area contributed by atoms with Crippen molar-refractivity contribution in [2.75, 3.05) is 11.6 Å². The molecule has 0 aliphatic carbocycles. The van der Waals surface area contributed by atoms with Crippen molar-refractivity contribution in [2.45, 2.75) is 4.90 Å². The first-order chi connectivity index (χ1) is 10.3. The molecule has 0 saturated carbocycles. The molecule has 2 N–H and O–H groups in total. The van der Waals surface area contributed by atoms with E-state index in [4.69, 9.17) is 16.7 Å². The van der Waals surface area contributed by atoms with E-state index in [-0.39, 0.29) is 10.7 Å². The first-order valence-electron chi connectivity index (χ1n) is 5.92. The van der Waals surface area contributed by atoms with Crippen LogP contribution >= 0.6 is 11.6 Å². The zero-order valence-electron chi connectivity index (χ0n) is 11.2. The van der Waals surface area contributed by atoms with Crippen LogP contribution in [-0.4, -0.2) is 21.9 Å². The molecule has 2 rings (SSSR count). The van der Waals surface area contributed by atoms with Crippen molar-refractivity contribution in [3.05, 3.63) is 52.6 Å². The van der Waals surface area contributed by atoms with Crippen LogP contribution in [0.2, 0.25) is 5.02 Å². The Morgan fingerprint density at radius 2 is 2.00 bits per heavy atom. The standard InChI is InChI=1S/C14H10ClF2NO3S/c1-22(21)7-2-5-11(9(15)6-7)18-13-8(14(19)20)3-4-10(16)12(13)17/h2-6,18H,1H3,(H,19,20). The van der Waals surface area contributed by atoms with Crippen molar-refractivity contribution in [3.8, 4) is 0 Å². The van der Waals surface area contributed by atoms with Crippen LogP contribution in [0.1, 0.15) is 10.4 Å². The Hall–Kier alpha value is -1.83. The van der Waals surface area contributed by atoms with Gasteiger partial charge in [-0.2, -0.15) is 0 Å². The van der Waals surface area contributed by atoms with E-state index >= 15 is 0 Å². The third-order valence-corrected chi connectivity index (χ3v) is 4.09. The molecule has 0 radical (unpaired) electrons. The van der Waals surface area contributed by atoms with Gasteiger partial charge in [0.2, 0.25) is 0 Å². The Bertz CT molecular complexity index is 740. The third-order valence-electron chi connectivity index (χ3n) is 2.86. The highest BCUT2D eigenvalue weighted by Crippen LogP contribution is 2.31. The molecular weight excluding hydrogens is 336 g/mol. The summed E-state index contributed by atoms with van der Waals surface area (Å²) in [5.41, 5.74) is -0.791. The molecule has 2 aromatic rings. The Morgan fingerprint density at radius 1 is 1.32 bits per heavy atom. The van der Waals surface area contributed by atoms with Crippen molar-refractivity contribution < 1.29 is 23.2 Å². The Morgan fingerprint density at radius 3 is 2.55 bits per heavy atom. The van der Waals surface area contributed by atoms with Crippen LogP contribution in [0.15, 0.2) is 35.2 Å². The van der Waals surface area contributed by atoms with Gasteiger partial charge in [0.25, 0.3) is 0 Å². The summed E-state index contributed by atoms with van der Waals surface area (Å²) in [5, 5.41) is 11.6. The molecule has 0 aromatic heterocycles. The minimum Gasteiger partial charge on any atom is -0.612 e. The van der Waals surface area contributed by atoms with Gasteiger partial charge in [0, 0.05) is 6.07 Å². The molecule has 0 spiro atoms. The Labute approximate surface area is 132 Å². The molecule has 4 nitrogen and oxygen atoms in total. The molecular formula is C14H10ClF2NO3S. The third kappa shape index (κ3) is 3.32. The number of nitrogens with one attached hydrogen (secondary N) is 1. The summed E-state index contributed by atoms with van der Waals surface area (Å²) >= 11 is 4.73. The van der Waals surface area contributed by atoms with Crippen LogP contribution < -0.4 is 5.32 Å². The lowest BCUT2D eigenvalue weighted by Gasteiger charge is -2.13. The quantitative estimate of drug-likeness (QED) is 0.827. The maximum absolute atomic E-state index is 13.9. The number of halogens is 3. The average Bonchev–Trinajstić information content (AvgIpc) is 2.45. The van der Waals surface area contributed by atoms with Gasteiger partial charge in [-0.1, -0.05) is 11.6 Å². The van der Waals surface area contributed by atoms with Gasteiger partial charge in [0.1, 0.15) is 6.26 Å². The van der Waals surface area contributed by atoms with E-state index in [2.05, 4.69) is 5.32 Å². The van der Waals surface area contributed by atoms with Gasteiger partial charge in [-0.05, 0) is 35.4 Å². The molecule has 0 bridgehead atoms. The fraction of sp³-hybridized carbons (Fsp3) is 0.0714. The zero-order chi connectivity index (χ0) is 16.4. The highest BCUT2D eigenvalue weighted by atomic mass is 35.5. The molecule has 0 fully saturated rings. The molecule has 1 atom stereocenters. The second kappa shape index (κ2) is 6.51. The largest absolute Gasteiger partial charge is 0.612 e. The van der Waals surface area contributed by atoms with Gasteiger partial charge >= 0.3 is 5.97 Å². The molecule has 116 valence electrons. The number of hydrogen-bond acceptors (Lipinski definition) is 3. The fourth-order valence-electron chi connectivity index (χ4n) is 1.76. The van der Waals surface area contributed by atoms with Gasteiger partial charge < -0.3 is 15.0 Å². The van der Waals surface area contributed by atoms with E-state index < -0.39 is 40.0 Å². The smallest absolute Gasteiger partial charge is 0.337 e. The van der Waals surface area contributed by atoms with E-state index in [1.807, 2.05) is 0 Å². The van der Waals surface area contributed by atoms with Crippen molar-refractivity contribution in [1.29, 1.82) is 0 Å². The van der Waals surface area contributed by atoms with E-state index in [0.29, 0.717) is 4.90 Å². The number of aromatic carboxylic acids is 1. The van der Waals surface area contributed by atoms with Crippen LogP contribution in [0.5, 0.6) is 0 Å². The van der Waals surface area contributed by atoms with Crippen LogP contribution in [0.4, 0.5) is 20.2 Å². The molecule has 8 heteroatoms. The number of carboxylic acid groups (broad SMARTS) is 1. The highest BCUT2D eigenvalue weighted by molar-refractivity contribution is 7.90. The first kappa shape index (κ1) is 16.5. The van der Waals surface area contributed by atoms with Gasteiger partial charge in [-0.25, -0.2) is 13.6 Å². The minimum absolute atomic E-state index is 0.104. The first-order valence-corrected chi connectivity index (χ1v) is 7.86. The molecule has 0 heterocycles. The number of carboxylic acids is 1. The van der Waals surface area contributed by atoms with E-state index in [1.165, 1.54) is 24.5 Å². The monoisotopic (exact) mass is 345 g/mol. The molecule has 2 aromatic carbocycles. The summed E-state index contributed by atoms with van der Waals surface area (Å²) in [7, 11) is 0. The van der Waals surface area contributed by atoms with Crippen molar-refractivity contribution in [1.82, 2.24) is 0 Å². The number of anilines is 2. The molecule has 22 heavy (non-hydrogen) atoms. The lowest BCUT2D eigenvalue weighted by Crippen LogP contribution is -2.07. The number of carbonyl (C=O) groups is 1. The van der Waals surface area contributed by atoms with Gasteiger partial charge in [0.05, 0.1) is 22.0 Å². The molecule has 1 unspecified atom stereocenters. The topological polar surface area (TPSA) is 72.4 Å². The molecule has 0 aliphatic heterocycles. The van der Waals surface area contributed by atoms with E-state index in [1.54, 1.807) is 0 Å². The SMILES string of the molecule is C[S+]([O-])c1ccc(Nc2c(C(=O)O)ccc(F)c2F)c(Cl)c1. The van der Waals surface area contributed by atoms with Crippen LogP contribution in [-0.2, 0) is 11.2 Å². The van der Waals surface area contributed by atoms with Crippen molar-refractivity contribution in [3.63, 3.8) is 0 Å². The lowest BCUT2D eigenvalue weighted by atomic mass is 10.1. The number of hydrogen-bond donors (Lipinski definition) is 2. The zero-order valence-corrected chi connectivity index (χ0v) is 12.8. The van der Waals surface area contributed by atoms with Gasteiger partial charge in [-0.3, -0.25) is 0 Å². The summed E-state index contributed by atoms with van der Waals surface area (Å²) in [6, 6.07) is 5.98. The second-order valence-electron chi connectivity index (χ2n) is 4.31. The predicted molar refractivity (Wildman–Crippen MR) is 80.4 cm³/mol. The number of benzene rings is 2. The van der Waals surface area contributed by atoms with Crippen LogP contribution in [0.25, 0.3) is 0 Å². The Balaban J connectivity index is 2.47. The van der Waals surface area contributed by atoms with Crippen molar-refractivity contribution >= 4 is 40.1 Å². The number of rotatable bonds is 4. The maximum atomic E-state index is 13.9. The maximum Gasteiger partial charge on any atom is 0.337 e. The Kier molecular flexibility index (Phi) is 4.90. The summed E-state index contributed by atoms with van der Waals surface area (Å²) in [5.74, 6) is -3.92. The van der Waals surface area contributed by atoms with Crippen LogP contribution in [0, 0.1) is 11.6 Å². The molecule has 0 saturated heterocycles. The van der Waals surface area contributed by atoms with E-state index in [9.17, 15) is 18.1 Å². The summed E-state index contributed by atoms with van der Waals surface area (Å²) in [6.07, 6.45) is 1.47. The molecule has 0 aliphatic rings. The average molecular weight is 346 g/mol. The fourth-order valence-corrected chi connectivity index (χ4v) is 2.60. The second-order valence-corrected chi connectivity index (χ2v) is 6.10. The normalized spacial score (nSPS) is 12.0. The highest BCUT2D eigenvalue weighted by Gasteiger charge is 2.19.